The van der Waals surface area contributed by atoms with Gasteiger partial charge < -0.3 is 28.1 Å². The van der Waals surface area contributed by atoms with Gasteiger partial charge >= 0.3 is 48.1 Å². The molecule has 0 heterocycles. The first-order chi connectivity index (χ1) is 32.5. The molecule has 0 aliphatic rings. The predicted molar refractivity (Wildman–Crippen MR) is 282 cm³/mol. The van der Waals surface area contributed by atoms with Crippen LogP contribution < -0.4 is 0 Å². The summed E-state index contributed by atoms with van der Waals surface area (Å²) in [7, 11) is -8.28. The van der Waals surface area contributed by atoms with Gasteiger partial charge in [-0.05, 0) is 52.4 Å². The molecule has 0 aromatic rings. The van der Waals surface area contributed by atoms with Crippen molar-refractivity contribution in [1.29, 1.82) is 0 Å². The molecule has 408 valence electrons. The number of rotatable bonds is 48. The van der Waals surface area contributed by atoms with Crippen molar-refractivity contribution in [2.45, 2.75) is 293 Å². The second-order valence-electron chi connectivity index (χ2n) is 17.7. The molecule has 0 unspecified atom stereocenters. The standard InChI is InChI=1S/C16H35O4P.2C16H35O3P.C3H8O.O.Ti/c1-3-5-7-9-11-13-15-19-21(17,18)20-16-14-12-10-8-6-4-2;2*1-3-5-7-9-11-13-15-18-20(17)19-16-14-12-10-8-6-4-2;1-3(2)4;;/h3-16H2,1-2H3,(H,17,18);2*20H,3-16H2,1-2H3;3-4H,1-2H3;;. The third kappa shape index (κ3) is 87.0. The summed E-state index contributed by atoms with van der Waals surface area (Å²) in [5.41, 5.74) is 0. The molecule has 0 amide bonds. The van der Waals surface area contributed by atoms with Crippen LogP contribution in [-0.2, 0) is 64.6 Å². The van der Waals surface area contributed by atoms with Gasteiger partial charge in [0.1, 0.15) is 0 Å². The Kier molecular flexibility index (Phi) is 81.5. The van der Waals surface area contributed by atoms with Crippen LogP contribution >= 0.6 is 24.3 Å². The van der Waals surface area contributed by atoms with Gasteiger partial charge in [0.05, 0.1) is 39.6 Å². The molecular weight excluding hydrogens is 945 g/mol. The van der Waals surface area contributed by atoms with E-state index in [0.29, 0.717) is 39.6 Å². The van der Waals surface area contributed by atoms with E-state index in [9.17, 15) is 18.6 Å². The molecule has 0 saturated heterocycles. The summed E-state index contributed by atoms with van der Waals surface area (Å²) < 4.78 is 73.6. The van der Waals surface area contributed by atoms with Crippen LogP contribution in [0.3, 0.4) is 0 Å². The molecule has 0 spiro atoms. The van der Waals surface area contributed by atoms with E-state index in [-0.39, 0.29) is 6.10 Å². The van der Waals surface area contributed by atoms with Gasteiger partial charge in [-0.3, -0.25) is 18.2 Å². The molecule has 0 aromatic heterocycles. The molecule has 0 radical (unpaired) electrons. The summed E-state index contributed by atoms with van der Waals surface area (Å²) in [6, 6.07) is 0. The molecule has 0 bridgehead atoms. The Morgan fingerprint density at radius 2 is 0.507 bits per heavy atom. The summed E-state index contributed by atoms with van der Waals surface area (Å²) in [6.07, 6.45) is 42.7. The average Bonchev–Trinajstić information content (AvgIpc) is 3.30. The van der Waals surface area contributed by atoms with Crippen LogP contribution in [0.15, 0.2) is 0 Å². The number of aliphatic hydroxyl groups excluding tert-OH is 1. The minimum atomic E-state index is -3.82. The van der Waals surface area contributed by atoms with Crippen LogP contribution in [0.4, 0.5) is 0 Å². The first-order valence-electron chi connectivity index (χ1n) is 27.6. The number of aliphatic hydroxyl groups is 1. The van der Waals surface area contributed by atoms with Gasteiger partial charge in [-0.2, -0.15) is 0 Å². The van der Waals surface area contributed by atoms with Gasteiger partial charge in [0.15, 0.2) is 0 Å². The fourth-order valence-corrected chi connectivity index (χ4v) is 8.60. The molecule has 16 heteroatoms. The molecule has 0 atom stereocenters. The third-order valence-corrected chi connectivity index (χ3v) is 13.2. The zero-order valence-corrected chi connectivity index (χ0v) is 49.7. The molecule has 0 aromatic carbocycles. The molecule has 67 heavy (non-hydrogen) atoms. The zero-order chi connectivity index (χ0) is 51.2. The Bertz CT molecular complexity index is 864. The van der Waals surface area contributed by atoms with Gasteiger partial charge in [0.25, 0.3) is 0 Å². The van der Waals surface area contributed by atoms with Crippen molar-refractivity contribution in [2.75, 3.05) is 39.6 Å². The second kappa shape index (κ2) is 71.1. The molecule has 0 saturated carbocycles. The summed E-state index contributed by atoms with van der Waals surface area (Å²) in [5.74, 6) is 0. The molecule has 0 rings (SSSR count). The summed E-state index contributed by atoms with van der Waals surface area (Å²) in [6.45, 7) is 19.7. The second-order valence-corrected chi connectivity index (χ2v) is 21.3. The number of hydrogen-bond acceptors (Lipinski definition) is 11. The van der Waals surface area contributed by atoms with Gasteiger partial charge in [0, 0.05) is 6.10 Å². The summed E-state index contributed by atoms with van der Waals surface area (Å²) in [4.78, 5) is 9.51. The minimum absolute atomic E-state index is 0.167. The number of hydrogen-bond donors (Lipinski definition) is 2. The van der Waals surface area contributed by atoms with E-state index in [4.69, 9.17) is 35.6 Å². The van der Waals surface area contributed by atoms with Crippen molar-refractivity contribution in [1.82, 2.24) is 0 Å². The van der Waals surface area contributed by atoms with Gasteiger partial charge in [-0.15, -0.1) is 0 Å². The molecule has 0 fully saturated rings. The molecule has 0 aliphatic heterocycles. The van der Waals surface area contributed by atoms with Gasteiger partial charge in [-0.25, -0.2) is 4.57 Å². The summed E-state index contributed by atoms with van der Waals surface area (Å²) in [5, 5.41) is 8.06. The molecule has 2 N–H and O–H groups in total. The first kappa shape index (κ1) is 76.8. The van der Waals surface area contributed by atoms with Crippen LogP contribution in [0.2, 0.25) is 0 Å². The van der Waals surface area contributed by atoms with E-state index in [0.717, 1.165) is 71.8 Å². The van der Waals surface area contributed by atoms with Crippen LogP contribution in [0.1, 0.15) is 287 Å². The van der Waals surface area contributed by atoms with E-state index >= 15 is 0 Å². The normalized spacial score (nSPS) is 11.1. The van der Waals surface area contributed by atoms with Crippen molar-refractivity contribution in [3.8, 4) is 0 Å². The summed E-state index contributed by atoms with van der Waals surface area (Å²) >= 11 is 0.750. The number of unbranched alkanes of at least 4 members (excludes halogenated alkanes) is 30. The van der Waals surface area contributed by atoms with E-state index in [1.165, 1.54) is 180 Å². The van der Waals surface area contributed by atoms with E-state index in [2.05, 4.69) is 41.5 Å². The average molecular weight is 1060 g/mol. The van der Waals surface area contributed by atoms with Crippen molar-refractivity contribution in [3.63, 3.8) is 0 Å². The van der Waals surface area contributed by atoms with Crippen LogP contribution in [0.25, 0.3) is 0 Å². The monoisotopic (exact) mass is 1060 g/mol. The Morgan fingerprint density at radius 3 is 0.687 bits per heavy atom. The van der Waals surface area contributed by atoms with E-state index in [1.54, 1.807) is 13.8 Å². The van der Waals surface area contributed by atoms with E-state index < -0.39 is 24.3 Å². The Morgan fingerprint density at radius 1 is 0.358 bits per heavy atom. The first-order valence-corrected chi connectivity index (χ1v) is 32.1. The quantitative estimate of drug-likeness (QED) is 0.0337. The van der Waals surface area contributed by atoms with Crippen molar-refractivity contribution < 1.29 is 74.6 Å². The topological polar surface area (TPSA) is 164 Å². The fourth-order valence-electron chi connectivity index (χ4n) is 6.40. The van der Waals surface area contributed by atoms with Gasteiger partial charge in [-0.1, -0.05) is 234 Å². The van der Waals surface area contributed by atoms with Gasteiger partial charge in [0.2, 0.25) is 0 Å². The maximum absolute atomic E-state index is 11.6. The number of phosphoric ester groups is 1. The Balaban J connectivity index is -0.000000270. The third-order valence-electron chi connectivity index (χ3n) is 10.4. The van der Waals surface area contributed by atoms with E-state index in [1.807, 2.05) is 0 Å². The Labute approximate surface area is 429 Å². The van der Waals surface area contributed by atoms with Crippen LogP contribution in [-0.4, -0.2) is 55.7 Å². The fraction of sp³-hybridized carbons (Fsp3) is 1.00. The molecular formula is C51H113O12P3Ti. The Hall–Kier alpha value is 0.884. The number of phosphoric acid groups is 1. The van der Waals surface area contributed by atoms with Crippen molar-refractivity contribution in [2.24, 2.45) is 0 Å². The predicted octanol–water partition coefficient (Wildman–Crippen LogP) is 18.4. The van der Waals surface area contributed by atoms with Crippen LogP contribution in [0, 0.1) is 0 Å². The SMILES string of the molecule is CC(C)O.CCCCCCCCOP(=O)(O)OCCCCCCCC.CCCCCCCCO[PH](=O)OCCCCCCCC.CCCCCCCCO[PH](=O)OCCCCCCCC.[O]=[Ti]. The van der Waals surface area contributed by atoms with Crippen molar-refractivity contribution in [3.05, 3.63) is 0 Å². The zero-order valence-electron chi connectivity index (χ0n) is 45.2. The maximum atomic E-state index is 11.6. The molecule has 0 aliphatic carbocycles. The molecule has 12 nitrogen and oxygen atoms in total. The van der Waals surface area contributed by atoms with Crippen LogP contribution in [0.5, 0.6) is 0 Å². The van der Waals surface area contributed by atoms with Crippen molar-refractivity contribution >= 4 is 24.3 Å².